The number of carbonyl (C=O) groups excluding carboxylic acids is 3. The molecule has 0 aliphatic rings. The van der Waals surface area contributed by atoms with Crippen molar-refractivity contribution in [1.82, 2.24) is 0 Å². The van der Waals surface area contributed by atoms with Crippen molar-refractivity contribution in [2.45, 2.75) is 322 Å². The topological polar surface area (TPSA) is 111 Å². The lowest BCUT2D eigenvalue weighted by atomic mass is 10.0. The minimum absolute atomic E-state index is 0.139. The summed E-state index contributed by atoms with van der Waals surface area (Å²) < 4.78 is 22.8. The van der Waals surface area contributed by atoms with Crippen molar-refractivity contribution in [3.05, 3.63) is 134 Å². The molecule has 0 heterocycles. The van der Waals surface area contributed by atoms with E-state index in [0.717, 1.165) is 122 Å². The molecule has 0 aliphatic heterocycles. The Labute approximate surface area is 560 Å². The Morgan fingerprint density at radius 1 is 0.330 bits per heavy atom. The van der Waals surface area contributed by atoms with E-state index in [1.807, 2.05) is 21.1 Å². The minimum atomic E-state index is -1.63. The largest absolute Gasteiger partial charge is 0.545 e. The van der Waals surface area contributed by atoms with Crippen molar-refractivity contribution in [2.24, 2.45) is 0 Å². The Hall–Kier alpha value is -4.57. The van der Waals surface area contributed by atoms with Gasteiger partial charge in [0.15, 0.2) is 12.4 Å². The zero-order valence-electron chi connectivity index (χ0n) is 59.4. The first kappa shape index (κ1) is 86.4. The van der Waals surface area contributed by atoms with Gasteiger partial charge < -0.3 is 33.3 Å². The van der Waals surface area contributed by atoms with Gasteiger partial charge in [-0.2, -0.15) is 0 Å². The smallest absolute Gasteiger partial charge is 0.306 e. The summed E-state index contributed by atoms with van der Waals surface area (Å²) in [5, 5.41) is 11.8. The van der Waals surface area contributed by atoms with E-state index in [9.17, 15) is 19.5 Å². The number of hydrogen-bond donors (Lipinski definition) is 0. The highest BCUT2D eigenvalue weighted by molar-refractivity contribution is 5.70. The van der Waals surface area contributed by atoms with Crippen LogP contribution < -0.4 is 5.11 Å². The second kappa shape index (κ2) is 71.3. The Bertz CT molecular complexity index is 1960. The number of likely N-dealkylation sites (N-methyl/N-ethyl adjacent to an activating group) is 1. The molecule has 0 bridgehead atoms. The SMILES string of the molecule is CC/C=C\C/C=C\C/C=C\C/C=C\C/C=C\C/C=C\C/C=C\CCCCCCCC(=O)OC(COC(=O)CCCCCCCCCCCCCCCCCCCCCCCCCCCC/C=C\C/C=C\C/C=C\C/C=C\CC)COC(OCC[N+](C)(C)C)C(=O)[O-]. The number of nitrogens with zero attached hydrogens (tertiary/aromatic N) is 1. The van der Waals surface area contributed by atoms with E-state index >= 15 is 0 Å². The summed E-state index contributed by atoms with van der Waals surface area (Å²) in [4.78, 5) is 37.5. The molecule has 91 heavy (non-hydrogen) atoms. The number of hydrogen-bond acceptors (Lipinski definition) is 8. The third-order valence-electron chi connectivity index (χ3n) is 15.9. The predicted molar refractivity (Wildman–Crippen MR) is 389 cm³/mol. The molecule has 9 heteroatoms. The molecule has 2 unspecified atom stereocenters. The normalized spacial score (nSPS) is 13.5. The maximum atomic E-state index is 12.9. The fraction of sp³-hybridized carbons (Fsp3) is 0.695. The summed E-state index contributed by atoms with van der Waals surface area (Å²) in [7, 11) is 5.92. The van der Waals surface area contributed by atoms with Gasteiger partial charge in [0, 0.05) is 12.8 Å². The molecule has 0 aliphatic carbocycles. The molecule has 520 valence electrons. The fourth-order valence-corrected chi connectivity index (χ4v) is 10.3. The first-order valence-electron chi connectivity index (χ1n) is 37.3. The minimum Gasteiger partial charge on any atom is -0.545 e. The highest BCUT2D eigenvalue weighted by Crippen LogP contribution is 2.18. The maximum absolute atomic E-state index is 12.9. The van der Waals surface area contributed by atoms with Crippen LogP contribution in [0.2, 0.25) is 0 Å². The number of rotatable bonds is 68. The van der Waals surface area contributed by atoms with Gasteiger partial charge in [-0.3, -0.25) is 9.59 Å². The molecule has 2 atom stereocenters. The first-order valence-corrected chi connectivity index (χ1v) is 37.3. The van der Waals surface area contributed by atoms with Crippen molar-refractivity contribution >= 4 is 17.9 Å². The van der Waals surface area contributed by atoms with E-state index in [0.29, 0.717) is 17.4 Å². The van der Waals surface area contributed by atoms with Gasteiger partial charge >= 0.3 is 11.9 Å². The molecule has 0 saturated carbocycles. The molecule has 9 nitrogen and oxygen atoms in total. The molecular formula is C82H139NO8. The number of unbranched alkanes of at least 4 members (excludes halogenated alkanes) is 31. The van der Waals surface area contributed by atoms with Crippen LogP contribution >= 0.6 is 0 Å². The highest BCUT2D eigenvalue weighted by atomic mass is 16.7. The lowest BCUT2D eigenvalue weighted by molar-refractivity contribution is -0.870. The number of quaternary nitrogens is 1. The zero-order chi connectivity index (χ0) is 66.1. The van der Waals surface area contributed by atoms with Gasteiger partial charge in [0.25, 0.3) is 0 Å². The van der Waals surface area contributed by atoms with E-state index in [-0.39, 0.29) is 38.6 Å². The van der Waals surface area contributed by atoms with Gasteiger partial charge in [-0.1, -0.05) is 321 Å². The molecule has 0 amide bonds. The number of aliphatic carboxylic acids is 1. The third kappa shape index (κ3) is 72.7. The van der Waals surface area contributed by atoms with Crippen LogP contribution in [0.3, 0.4) is 0 Å². The lowest BCUT2D eigenvalue weighted by Crippen LogP contribution is -2.44. The van der Waals surface area contributed by atoms with Crippen LogP contribution in [0.5, 0.6) is 0 Å². The Balaban J connectivity index is 4.06. The summed E-state index contributed by atoms with van der Waals surface area (Å²) in [5.74, 6) is -2.31. The summed E-state index contributed by atoms with van der Waals surface area (Å²) in [6, 6.07) is 0. The fourth-order valence-electron chi connectivity index (χ4n) is 10.3. The van der Waals surface area contributed by atoms with Crippen LogP contribution in [0.25, 0.3) is 0 Å². The number of carbonyl (C=O) groups is 3. The van der Waals surface area contributed by atoms with Crippen LogP contribution in [0.1, 0.15) is 309 Å². The molecule has 0 rings (SSSR count). The average Bonchev–Trinajstić information content (AvgIpc) is 3.46. The average molecular weight is 1270 g/mol. The molecule has 0 saturated heterocycles. The Morgan fingerprint density at radius 3 is 0.879 bits per heavy atom. The van der Waals surface area contributed by atoms with E-state index in [2.05, 4.69) is 148 Å². The van der Waals surface area contributed by atoms with E-state index in [1.54, 1.807) is 0 Å². The van der Waals surface area contributed by atoms with Crippen molar-refractivity contribution in [3.63, 3.8) is 0 Å². The predicted octanol–water partition coefficient (Wildman–Crippen LogP) is 22.4. The maximum Gasteiger partial charge on any atom is 0.306 e. The van der Waals surface area contributed by atoms with Crippen LogP contribution in [-0.4, -0.2) is 82.3 Å². The number of carboxylic acid groups (broad SMARTS) is 1. The summed E-state index contributed by atoms with van der Waals surface area (Å²) in [6.45, 7) is 4.51. The molecule has 0 aromatic heterocycles. The first-order chi connectivity index (χ1) is 44.6. The Morgan fingerprint density at radius 2 is 0.593 bits per heavy atom. The van der Waals surface area contributed by atoms with Crippen LogP contribution in [0.15, 0.2) is 134 Å². The second-order valence-corrected chi connectivity index (χ2v) is 25.8. The number of ether oxygens (including phenoxy) is 4. The number of esters is 2. The summed E-state index contributed by atoms with van der Waals surface area (Å²) in [5.41, 5.74) is 0. The second-order valence-electron chi connectivity index (χ2n) is 25.8. The zero-order valence-corrected chi connectivity index (χ0v) is 59.4. The van der Waals surface area contributed by atoms with Crippen LogP contribution in [0, 0.1) is 0 Å². The quantitative estimate of drug-likeness (QED) is 0.0195. The molecule has 0 N–H and O–H groups in total. The number of carboxylic acids is 1. The van der Waals surface area contributed by atoms with Crippen LogP contribution in [-0.2, 0) is 33.3 Å². The van der Waals surface area contributed by atoms with E-state index in [1.165, 1.54) is 154 Å². The van der Waals surface area contributed by atoms with E-state index < -0.39 is 24.3 Å². The monoisotopic (exact) mass is 1270 g/mol. The number of allylic oxidation sites excluding steroid dienone is 22. The van der Waals surface area contributed by atoms with Crippen LogP contribution in [0.4, 0.5) is 0 Å². The van der Waals surface area contributed by atoms with Crippen molar-refractivity contribution < 1.29 is 42.9 Å². The molecule has 0 spiro atoms. The third-order valence-corrected chi connectivity index (χ3v) is 15.9. The van der Waals surface area contributed by atoms with Crippen molar-refractivity contribution in [3.8, 4) is 0 Å². The molecule has 0 radical (unpaired) electrons. The van der Waals surface area contributed by atoms with Gasteiger partial charge in [0.2, 0.25) is 0 Å². The van der Waals surface area contributed by atoms with Gasteiger partial charge in [-0.25, -0.2) is 0 Å². The van der Waals surface area contributed by atoms with Crippen molar-refractivity contribution in [2.75, 3.05) is 47.5 Å². The molecular weight excluding hydrogens is 1130 g/mol. The van der Waals surface area contributed by atoms with Gasteiger partial charge in [-0.15, -0.1) is 0 Å². The standard InChI is InChI=1S/C82H139NO8/c1-6-8-10-12-14-16-18-20-22-24-26-28-30-32-34-35-36-37-38-39-40-41-42-43-44-45-47-48-50-52-54-56-58-60-62-64-66-68-70-72-79(84)89-76-78(77-90-82(81(86)87)88-75-74-83(3,4)5)91-80(85)73-71-69-67-65-63-61-59-57-55-53-51-49-46-33-31-29-27-25-23-21-19-17-15-13-11-9-7-2/h8-11,14-17,20-23,26-29,33,46,51,53,57,59,78,82H,6-7,12-13,18-19,24-25,30-32,34-45,47-50,52,54-56,58,60-77H2,1-5H3/b10-8-,11-9-,16-14-,17-15-,22-20-,23-21-,28-26-,29-27-,46-33-,53-51-,59-57-. The van der Waals surface area contributed by atoms with Gasteiger partial charge in [0.1, 0.15) is 13.2 Å². The molecule has 0 fully saturated rings. The van der Waals surface area contributed by atoms with Crippen molar-refractivity contribution in [1.29, 1.82) is 0 Å². The highest BCUT2D eigenvalue weighted by Gasteiger charge is 2.22. The Kier molecular flexibility index (Phi) is 67.7. The lowest BCUT2D eigenvalue weighted by Gasteiger charge is -2.26. The summed E-state index contributed by atoms with van der Waals surface area (Å²) >= 11 is 0. The van der Waals surface area contributed by atoms with Gasteiger partial charge in [0.05, 0.1) is 40.3 Å². The molecule has 0 aromatic carbocycles. The molecule has 0 aromatic rings. The van der Waals surface area contributed by atoms with E-state index in [4.69, 9.17) is 18.9 Å². The van der Waals surface area contributed by atoms with Gasteiger partial charge in [-0.05, 0) is 109 Å². The summed E-state index contributed by atoms with van der Waals surface area (Å²) in [6.07, 6.45) is 99.9.